The minimum absolute atomic E-state index is 0.0358. The van der Waals surface area contributed by atoms with Crippen LogP contribution < -0.4 is 0 Å². The fourth-order valence-corrected chi connectivity index (χ4v) is 1.62. The van der Waals surface area contributed by atoms with Crippen LogP contribution in [0.5, 0.6) is 0 Å². The van der Waals surface area contributed by atoms with Gasteiger partial charge < -0.3 is 4.98 Å². The van der Waals surface area contributed by atoms with E-state index in [9.17, 15) is 8.78 Å². The van der Waals surface area contributed by atoms with Gasteiger partial charge in [0.1, 0.15) is 0 Å². The van der Waals surface area contributed by atoms with Crippen molar-refractivity contribution in [2.24, 2.45) is 0 Å². The Kier molecular flexibility index (Phi) is 2.37. The molecular formula is C9H7ClF2N2. The molecule has 0 saturated heterocycles. The van der Waals surface area contributed by atoms with Crippen molar-refractivity contribution in [3.8, 4) is 0 Å². The second-order valence-corrected chi connectivity index (χ2v) is 3.14. The number of hydrogen-bond acceptors (Lipinski definition) is 1. The minimum Gasteiger partial charge on any atom is -0.344 e. The van der Waals surface area contributed by atoms with E-state index in [-0.39, 0.29) is 11.4 Å². The molecule has 1 aromatic carbocycles. The fraction of sp³-hybridized carbons (Fsp3) is 0.222. The predicted octanol–water partition coefficient (Wildman–Crippen LogP) is 3.24. The lowest BCUT2D eigenvalue weighted by Gasteiger charge is -2.03. The van der Waals surface area contributed by atoms with Crippen LogP contribution in [-0.4, -0.2) is 9.97 Å². The summed E-state index contributed by atoms with van der Waals surface area (Å²) < 4.78 is 25.1. The maximum absolute atomic E-state index is 12.5. The van der Waals surface area contributed by atoms with Gasteiger partial charge in [0.2, 0.25) is 0 Å². The molecule has 1 heterocycles. The number of halogens is 3. The Morgan fingerprint density at radius 1 is 1.43 bits per heavy atom. The number of hydrogen-bond donors (Lipinski definition) is 1. The van der Waals surface area contributed by atoms with Gasteiger partial charge in [-0.1, -0.05) is 12.1 Å². The molecule has 74 valence electrons. The van der Waals surface area contributed by atoms with Crippen LogP contribution in [0.15, 0.2) is 18.5 Å². The zero-order valence-corrected chi connectivity index (χ0v) is 7.85. The number of aromatic nitrogens is 2. The predicted molar refractivity (Wildman–Crippen MR) is 50.6 cm³/mol. The summed E-state index contributed by atoms with van der Waals surface area (Å²) in [5, 5.41) is 0. The van der Waals surface area contributed by atoms with Gasteiger partial charge in [0.05, 0.1) is 17.4 Å². The molecule has 0 bridgehead atoms. The highest BCUT2D eigenvalue weighted by Gasteiger charge is 2.14. The zero-order chi connectivity index (χ0) is 10.1. The third-order valence-electron chi connectivity index (χ3n) is 2.08. The van der Waals surface area contributed by atoms with E-state index in [4.69, 9.17) is 11.6 Å². The van der Waals surface area contributed by atoms with Gasteiger partial charge in [0.15, 0.2) is 0 Å². The molecule has 0 aliphatic rings. The number of fused-ring (bicyclic) bond motifs is 1. The topological polar surface area (TPSA) is 28.7 Å². The van der Waals surface area contributed by atoms with E-state index in [0.29, 0.717) is 11.0 Å². The van der Waals surface area contributed by atoms with Crippen molar-refractivity contribution < 1.29 is 8.78 Å². The monoisotopic (exact) mass is 216 g/mol. The molecule has 5 heteroatoms. The summed E-state index contributed by atoms with van der Waals surface area (Å²) >= 11 is 5.65. The first-order valence-corrected chi connectivity index (χ1v) is 4.56. The Bertz CT molecular complexity index is 453. The number of rotatable bonds is 2. The van der Waals surface area contributed by atoms with E-state index in [0.717, 1.165) is 5.56 Å². The number of nitrogens with zero attached hydrogens (tertiary/aromatic N) is 1. The van der Waals surface area contributed by atoms with Crippen LogP contribution in [0.4, 0.5) is 8.78 Å². The first-order valence-electron chi connectivity index (χ1n) is 4.03. The third-order valence-corrected chi connectivity index (χ3v) is 2.36. The Balaban J connectivity index is 2.72. The molecule has 0 saturated carbocycles. The summed E-state index contributed by atoms with van der Waals surface area (Å²) in [4.78, 5) is 6.65. The standard InChI is InChI=1S/C9H7ClF2N2/c10-3-5-1-2-6(9(11)12)8-7(5)13-4-14-8/h1-2,4,9H,3H2,(H,13,14). The van der Waals surface area contributed by atoms with Gasteiger partial charge in [-0.05, 0) is 5.56 Å². The summed E-state index contributed by atoms with van der Waals surface area (Å²) in [5.74, 6) is 0.269. The van der Waals surface area contributed by atoms with Crippen LogP contribution >= 0.6 is 11.6 Å². The smallest absolute Gasteiger partial charge is 0.265 e. The average Bonchev–Trinajstić information content (AvgIpc) is 2.64. The minimum atomic E-state index is -2.50. The maximum Gasteiger partial charge on any atom is 0.265 e. The zero-order valence-electron chi connectivity index (χ0n) is 7.10. The highest BCUT2D eigenvalue weighted by Crippen LogP contribution is 2.28. The van der Waals surface area contributed by atoms with Crippen LogP contribution in [0.2, 0.25) is 0 Å². The van der Waals surface area contributed by atoms with E-state index < -0.39 is 6.43 Å². The van der Waals surface area contributed by atoms with Crippen molar-refractivity contribution in [2.75, 3.05) is 0 Å². The normalized spacial score (nSPS) is 11.4. The summed E-state index contributed by atoms with van der Waals surface area (Å²) in [7, 11) is 0. The molecular weight excluding hydrogens is 210 g/mol. The molecule has 1 N–H and O–H groups in total. The summed E-state index contributed by atoms with van der Waals surface area (Å²) in [6.07, 6.45) is -1.10. The molecule has 0 atom stereocenters. The molecule has 0 radical (unpaired) electrons. The number of nitrogens with one attached hydrogen (secondary N) is 1. The lowest BCUT2D eigenvalue weighted by atomic mass is 10.1. The van der Waals surface area contributed by atoms with Gasteiger partial charge in [0.25, 0.3) is 6.43 Å². The van der Waals surface area contributed by atoms with Crippen LogP contribution in [0.25, 0.3) is 11.0 Å². The number of H-pyrrole nitrogens is 1. The van der Waals surface area contributed by atoms with E-state index in [1.54, 1.807) is 6.07 Å². The molecule has 0 unspecified atom stereocenters. The summed E-state index contributed by atoms with van der Waals surface area (Å²) in [6, 6.07) is 2.96. The molecule has 0 amide bonds. The maximum atomic E-state index is 12.5. The van der Waals surface area contributed by atoms with Crippen molar-refractivity contribution in [3.05, 3.63) is 29.6 Å². The first-order chi connectivity index (χ1) is 6.74. The van der Waals surface area contributed by atoms with E-state index in [1.807, 2.05) is 0 Å². The van der Waals surface area contributed by atoms with Crippen molar-refractivity contribution >= 4 is 22.6 Å². The first kappa shape index (κ1) is 9.40. The number of benzene rings is 1. The second-order valence-electron chi connectivity index (χ2n) is 2.87. The molecule has 2 aromatic rings. The molecule has 1 aromatic heterocycles. The van der Waals surface area contributed by atoms with Gasteiger partial charge >= 0.3 is 0 Å². The van der Waals surface area contributed by atoms with Crippen LogP contribution in [0, 0.1) is 0 Å². The van der Waals surface area contributed by atoms with Gasteiger partial charge in [-0.15, -0.1) is 11.6 Å². The van der Waals surface area contributed by atoms with Crippen molar-refractivity contribution in [1.29, 1.82) is 0 Å². The lowest BCUT2D eigenvalue weighted by Crippen LogP contribution is -1.89. The van der Waals surface area contributed by atoms with Gasteiger partial charge in [-0.2, -0.15) is 0 Å². The Morgan fingerprint density at radius 3 is 2.86 bits per heavy atom. The molecule has 0 fully saturated rings. The summed E-state index contributed by atoms with van der Waals surface area (Å²) in [5.41, 5.74) is 1.62. The Morgan fingerprint density at radius 2 is 2.21 bits per heavy atom. The Labute approximate surface area is 83.9 Å². The summed E-state index contributed by atoms with van der Waals surface area (Å²) in [6.45, 7) is 0. The third kappa shape index (κ3) is 1.35. The van der Waals surface area contributed by atoms with Crippen molar-refractivity contribution in [1.82, 2.24) is 9.97 Å². The van der Waals surface area contributed by atoms with E-state index in [1.165, 1.54) is 12.4 Å². The van der Waals surface area contributed by atoms with Crippen LogP contribution in [-0.2, 0) is 5.88 Å². The molecule has 14 heavy (non-hydrogen) atoms. The molecule has 0 aliphatic heterocycles. The van der Waals surface area contributed by atoms with Crippen LogP contribution in [0.1, 0.15) is 17.6 Å². The largest absolute Gasteiger partial charge is 0.344 e. The van der Waals surface area contributed by atoms with Crippen molar-refractivity contribution in [2.45, 2.75) is 12.3 Å². The molecule has 2 rings (SSSR count). The van der Waals surface area contributed by atoms with Gasteiger partial charge in [0, 0.05) is 11.4 Å². The molecule has 0 spiro atoms. The lowest BCUT2D eigenvalue weighted by molar-refractivity contribution is 0.153. The highest BCUT2D eigenvalue weighted by atomic mass is 35.5. The highest BCUT2D eigenvalue weighted by molar-refractivity contribution is 6.17. The quantitative estimate of drug-likeness (QED) is 0.767. The number of aromatic amines is 1. The van der Waals surface area contributed by atoms with E-state index >= 15 is 0 Å². The SMILES string of the molecule is FC(F)c1ccc(CCl)c2nc[nH]c12. The van der Waals surface area contributed by atoms with Crippen molar-refractivity contribution in [3.63, 3.8) is 0 Å². The average molecular weight is 217 g/mol. The second kappa shape index (κ2) is 3.53. The Hall–Kier alpha value is -1.16. The number of imidazole rings is 1. The molecule has 0 aliphatic carbocycles. The van der Waals surface area contributed by atoms with Gasteiger partial charge in [-0.3, -0.25) is 0 Å². The van der Waals surface area contributed by atoms with Gasteiger partial charge in [-0.25, -0.2) is 13.8 Å². The number of alkyl halides is 3. The fourth-order valence-electron chi connectivity index (χ4n) is 1.40. The molecule has 2 nitrogen and oxygen atoms in total. The van der Waals surface area contributed by atoms with Crippen LogP contribution in [0.3, 0.4) is 0 Å². The van der Waals surface area contributed by atoms with E-state index in [2.05, 4.69) is 9.97 Å².